The van der Waals surface area contributed by atoms with Crippen LogP contribution >= 0.6 is 0 Å². The molecule has 0 radical (unpaired) electrons. The highest BCUT2D eigenvalue weighted by Gasteiger charge is 2.29. The summed E-state index contributed by atoms with van der Waals surface area (Å²) in [6, 6.07) is 10.6. The van der Waals surface area contributed by atoms with E-state index in [1.54, 1.807) is 0 Å². The van der Waals surface area contributed by atoms with Crippen LogP contribution in [0.1, 0.15) is 25.8 Å². The molecule has 1 saturated heterocycles. The van der Waals surface area contributed by atoms with Gasteiger partial charge in [0.2, 0.25) is 0 Å². The Balaban J connectivity index is 1.80. The molecule has 17 heavy (non-hydrogen) atoms. The molecular formula is C15H23NO. The highest BCUT2D eigenvalue weighted by molar-refractivity contribution is 5.14. The summed E-state index contributed by atoms with van der Waals surface area (Å²) in [7, 11) is 2.17. The molecule has 0 aromatic heterocycles. The zero-order chi connectivity index (χ0) is 12.3. The zero-order valence-electron chi connectivity index (χ0n) is 11.1. The molecule has 1 aromatic rings. The fraction of sp³-hybridized carbons (Fsp3) is 0.600. The number of nitrogens with zero attached hydrogens (tertiary/aromatic N) is 1. The van der Waals surface area contributed by atoms with E-state index < -0.39 is 0 Å². The SMILES string of the molecule is C[C@@H]1C[C@H](CN(C)Cc2ccccc2)O[C@H]1C. The molecule has 3 atom stereocenters. The molecule has 0 amide bonds. The second-order valence-electron chi connectivity index (χ2n) is 5.36. The highest BCUT2D eigenvalue weighted by Crippen LogP contribution is 2.26. The first-order valence-corrected chi connectivity index (χ1v) is 6.53. The summed E-state index contributed by atoms with van der Waals surface area (Å²) in [6.45, 7) is 6.50. The van der Waals surface area contributed by atoms with Crippen LogP contribution in [0.25, 0.3) is 0 Å². The van der Waals surface area contributed by atoms with Crippen molar-refractivity contribution in [3.63, 3.8) is 0 Å². The number of rotatable bonds is 4. The number of benzene rings is 1. The van der Waals surface area contributed by atoms with E-state index in [1.807, 2.05) is 0 Å². The van der Waals surface area contributed by atoms with E-state index in [2.05, 4.69) is 56.1 Å². The molecule has 0 spiro atoms. The first-order chi connectivity index (χ1) is 8.15. The van der Waals surface area contributed by atoms with Crippen molar-refractivity contribution < 1.29 is 4.74 Å². The third kappa shape index (κ3) is 3.55. The van der Waals surface area contributed by atoms with Gasteiger partial charge in [-0.05, 0) is 31.9 Å². The predicted molar refractivity (Wildman–Crippen MR) is 70.9 cm³/mol. The molecule has 1 fully saturated rings. The first kappa shape index (κ1) is 12.6. The normalized spacial score (nSPS) is 28.8. The van der Waals surface area contributed by atoms with Gasteiger partial charge >= 0.3 is 0 Å². The van der Waals surface area contributed by atoms with Crippen LogP contribution in [-0.4, -0.2) is 30.7 Å². The van der Waals surface area contributed by atoms with Gasteiger partial charge in [0.15, 0.2) is 0 Å². The van der Waals surface area contributed by atoms with E-state index in [4.69, 9.17) is 4.74 Å². The Labute approximate surface area is 105 Å². The molecule has 0 N–H and O–H groups in total. The number of ether oxygens (including phenoxy) is 1. The third-order valence-corrected chi connectivity index (χ3v) is 3.65. The molecule has 2 nitrogen and oxygen atoms in total. The van der Waals surface area contributed by atoms with Gasteiger partial charge in [-0.3, -0.25) is 4.90 Å². The average Bonchev–Trinajstić information content (AvgIpc) is 2.59. The largest absolute Gasteiger partial charge is 0.374 e. The van der Waals surface area contributed by atoms with Crippen LogP contribution in [0, 0.1) is 5.92 Å². The summed E-state index contributed by atoms with van der Waals surface area (Å²) in [6.07, 6.45) is 2.03. The molecule has 0 saturated carbocycles. The van der Waals surface area contributed by atoms with Crippen LogP contribution < -0.4 is 0 Å². The van der Waals surface area contributed by atoms with E-state index in [1.165, 1.54) is 12.0 Å². The van der Waals surface area contributed by atoms with Gasteiger partial charge < -0.3 is 4.74 Å². The van der Waals surface area contributed by atoms with Crippen molar-refractivity contribution in [1.29, 1.82) is 0 Å². The van der Waals surface area contributed by atoms with Crippen LogP contribution in [0.2, 0.25) is 0 Å². The molecular weight excluding hydrogens is 210 g/mol. The van der Waals surface area contributed by atoms with Gasteiger partial charge in [-0.25, -0.2) is 0 Å². The van der Waals surface area contributed by atoms with E-state index in [9.17, 15) is 0 Å². The quantitative estimate of drug-likeness (QED) is 0.793. The van der Waals surface area contributed by atoms with Crippen LogP contribution in [0.5, 0.6) is 0 Å². The topological polar surface area (TPSA) is 12.5 Å². The second kappa shape index (κ2) is 5.65. The average molecular weight is 233 g/mol. The Morgan fingerprint density at radius 1 is 1.24 bits per heavy atom. The van der Waals surface area contributed by atoms with Crippen molar-refractivity contribution in [2.45, 2.75) is 39.0 Å². The van der Waals surface area contributed by atoms with Crippen molar-refractivity contribution in [2.24, 2.45) is 5.92 Å². The minimum atomic E-state index is 0.411. The lowest BCUT2D eigenvalue weighted by Gasteiger charge is -2.21. The molecule has 1 aromatic carbocycles. The molecule has 94 valence electrons. The Bertz CT molecular complexity index is 328. The fourth-order valence-electron chi connectivity index (χ4n) is 2.52. The minimum Gasteiger partial charge on any atom is -0.374 e. The van der Waals surface area contributed by atoms with E-state index >= 15 is 0 Å². The Morgan fingerprint density at radius 3 is 2.53 bits per heavy atom. The predicted octanol–water partition coefficient (Wildman–Crippen LogP) is 2.93. The van der Waals surface area contributed by atoms with Gasteiger partial charge in [-0.2, -0.15) is 0 Å². The third-order valence-electron chi connectivity index (χ3n) is 3.65. The van der Waals surface area contributed by atoms with Crippen molar-refractivity contribution >= 4 is 0 Å². The number of hydrogen-bond donors (Lipinski definition) is 0. The Morgan fingerprint density at radius 2 is 1.94 bits per heavy atom. The Kier molecular flexibility index (Phi) is 4.19. The summed E-state index contributed by atoms with van der Waals surface area (Å²) in [5.41, 5.74) is 1.37. The second-order valence-corrected chi connectivity index (χ2v) is 5.36. The van der Waals surface area contributed by atoms with Gasteiger partial charge in [0.25, 0.3) is 0 Å². The van der Waals surface area contributed by atoms with Crippen molar-refractivity contribution in [3.05, 3.63) is 35.9 Å². The van der Waals surface area contributed by atoms with Gasteiger partial charge in [0.1, 0.15) is 0 Å². The lowest BCUT2D eigenvalue weighted by Crippen LogP contribution is -2.28. The van der Waals surface area contributed by atoms with Gasteiger partial charge in [0, 0.05) is 13.1 Å². The van der Waals surface area contributed by atoms with Gasteiger partial charge in [0.05, 0.1) is 12.2 Å². The summed E-state index contributed by atoms with van der Waals surface area (Å²) in [5.74, 6) is 0.699. The summed E-state index contributed by atoms with van der Waals surface area (Å²) in [5, 5.41) is 0. The van der Waals surface area contributed by atoms with Crippen LogP contribution in [0.3, 0.4) is 0 Å². The first-order valence-electron chi connectivity index (χ1n) is 6.53. The standard InChI is InChI=1S/C15H23NO/c1-12-9-15(17-13(12)2)11-16(3)10-14-7-5-4-6-8-14/h4-8,12-13,15H,9-11H2,1-3H3/t12-,13+,15-/m1/s1. The van der Waals surface area contributed by atoms with Gasteiger partial charge in [-0.15, -0.1) is 0 Å². The monoisotopic (exact) mass is 233 g/mol. The molecule has 2 heteroatoms. The van der Waals surface area contributed by atoms with Crippen molar-refractivity contribution in [3.8, 4) is 0 Å². The molecule has 1 heterocycles. The van der Waals surface area contributed by atoms with Gasteiger partial charge in [-0.1, -0.05) is 37.3 Å². The van der Waals surface area contributed by atoms with E-state index in [0.29, 0.717) is 18.1 Å². The molecule has 2 rings (SSSR count). The maximum absolute atomic E-state index is 5.94. The highest BCUT2D eigenvalue weighted by atomic mass is 16.5. The van der Waals surface area contributed by atoms with Crippen LogP contribution in [0.15, 0.2) is 30.3 Å². The summed E-state index contributed by atoms with van der Waals surface area (Å²) >= 11 is 0. The molecule has 0 bridgehead atoms. The maximum Gasteiger partial charge on any atom is 0.0709 e. The van der Waals surface area contributed by atoms with Crippen molar-refractivity contribution in [2.75, 3.05) is 13.6 Å². The molecule has 0 unspecified atom stereocenters. The maximum atomic E-state index is 5.94. The smallest absolute Gasteiger partial charge is 0.0709 e. The molecule has 0 aliphatic carbocycles. The zero-order valence-corrected chi connectivity index (χ0v) is 11.1. The lowest BCUT2D eigenvalue weighted by molar-refractivity contribution is 0.0292. The van der Waals surface area contributed by atoms with Crippen molar-refractivity contribution in [1.82, 2.24) is 4.90 Å². The van der Waals surface area contributed by atoms with Crippen LogP contribution in [-0.2, 0) is 11.3 Å². The lowest BCUT2D eigenvalue weighted by atomic mass is 10.0. The summed E-state index contributed by atoms with van der Waals surface area (Å²) < 4.78 is 5.94. The molecule has 1 aliphatic rings. The van der Waals surface area contributed by atoms with E-state index in [0.717, 1.165) is 13.1 Å². The van der Waals surface area contributed by atoms with Crippen LogP contribution in [0.4, 0.5) is 0 Å². The molecule has 1 aliphatic heterocycles. The Hall–Kier alpha value is -0.860. The fourth-order valence-corrected chi connectivity index (χ4v) is 2.52. The number of likely N-dealkylation sites (N-methyl/N-ethyl adjacent to an activating group) is 1. The number of hydrogen-bond acceptors (Lipinski definition) is 2. The minimum absolute atomic E-state index is 0.411. The summed E-state index contributed by atoms with van der Waals surface area (Å²) in [4.78, 5) is 2.35. The van der Waals surface area contributed by atoms with E-state index in [-0.39, 0.29) is 0 Å².